The number of hydrogen-bond donors (Lipinski definition) is 1. The minimum atomic E-state index is -0.303. The molecule has 0 aliphatic carbocycles. The topological polar surface area (TPSA) is 68.9 Å². The molecule has 0 bridgehead atoms. The number of nitrogens with one attached hydrogen (secondary N) is 1. The van der Waals surface area contributed by atoms with Gasteiger partial charge in [0.1, 0.15) is 6.54 Å². The number of carbonyl (C=O) groups excluding carboxylic acids is 1. The van der Waals surface area contributed by atoms with Crippen LogP contribution in [0.15, 0.2) is 65.6 Å². The number of aryl methyl sites for hydroxylation is 2. The van der Waals surface area contributed by atoms with Gasteiger partial charge in [-0.25, -0.2) is 9.67 Å². The summed E-state index contributed by atoms with van der Waals surface area (Å²) in [6.45, 7) is 3.91. The zero-order valence-corrected chi connectivity index (χ0v) is 17.5. The summed E-state index contributed by atoms with van der Waals surface area (Å²) in [5.41, 5.74) is 3.60. The van der Waals surface area contributed by atoms with Crippen LogP contribution >= 0.6 is 11.6 Å². The highest BCUT2D eigenvalue weighted by Gasteiger charge is 2.18. The predicted molar refractivity (Wildman–Crippen MR) is 120 cm³/mol. The molecular formula is C23H21ClN4O2. The van der Waals surface area contributed by atoms with Crippen LogP contribution in [0, 0.1) is 6.92 Å². The van der Waals surface area contributed by atoms with Gasteiger partial charge in [0, 0.05) is 6.20 Å². The first-order valence-corrected chi connectivity index (χ1v) is 10.1. The summed E-state index contributed by atoms with van der Waals surface area (Å²) in [5.74, 6) is -0.303. The molecule has 0 aliphatic rings. The van der Waals surface area contributed by atoms with Gasteiger partial charge in [-0.1, -0.05) is 36.7 Å². The summed E-state index contributed by atoms with van der Waals surface area (Å²) in [6.07, 6.45) is 2.51. The predicted octanol–water partition coefficient (Wildman–Crippen LogP) is 4.35. The average molecular weight is 421 g/mol. The van der Waals surface area contributed by atoms with Gasteiger partial charge >= 0.3 is 0 Å². The first-order chi connectivity index (χ1) is 14.5. The Bertz CT molecular complexity index is 1290. The molecule has 0 saturated heterocycles. The van der Waals surface area contributed by atoms with E-state index in [4.69, 9.17) is 11.6 Å². The van der Waals surface area contributed by atoms with Crippen molar-refractivity contribution in [2.24, 2.45) is 0 Å². The molecule has 152 valence electrons. The van der Waals surface area contributed by atoms with Crippen molar-refractivity contribution in [3.63, 3.8) is 0 Å². The summed E-state index contributed by atoms with van der Waals surface area (Å²) < 4.78 is 3.09. The highest BCUT2D eigenvalue weighted by atomic mass is 35.5. The number of aromatic nitrogens is 3. The Morgan fingerprint density at radius 2 is 1.90 bits per heavy atom. The van der Waals surface area contributed by atoms with Gasteiger partial charge in [-0.2, -0.15) is 0 Å². The molecule has 0 unspecified atom stereocenters. The molecule has 4 rings (SSSR count). The Balaban J connectivity index is 1.75. The van der Waals surface area contributed by atoms with E-state index in [9.17, 15) is 9.59 Å². The molecule has 0 fully saturated rings. The summed E-state index contributed by atoms with van der Waals surface area (Å²) in [6, 6.07) is 16.6. The zero-order valence-electron chi connectivity index (χ0n) is 16.7. The van der Waals surface area contributed by atoms with E-state index in [0.717, 1.165) is 12.0 Å². The van der Waals surface area contributed by atoms with Gasteiger partial charge in [0.25, 0.3) is 5.56 Å². The zero-order chi connectivity index (χ0) is 21.3. The third-order valence-electron chi connectivity index (χ3n) is 4.98. The number of rotatable bonds is 5. The van der Waals surface area contributed by atoms with Crippen LogP contribution in [-0.4, -0.2) is 20.3 Å². The van der Waals surface area contributed by atoms with Gasteiger partial charge in [0.15, 0.2) is 5.65 Å². The molecule has 0 radical (unpaired) electrons. The van der Waals surface area contributed by atoms with E-state index >= 15 is 0 Å². The standard InChI is InChI=1S/C23H21ClN4O2/c1-3-16-7-9-17(10-8-16)28-23(30)18-5-4-12-25-22(18)27(28)14-21(29)26-20-11-6-15(2)13-19(20)24/h4-13H,3,14H2,1-2H3,(H,26,29). The maximum atomic E-state index is 13.1. The molecule has 2 aromatic heterocycles. The molecule has 0 spiro atoms. The monoisotopic (exact) mass is 420 g/mol. The number of fused-ring (bicyclic) bond motifs is 1. The van der Waals surface area contributed by atoms with E-state index in [-0.39, 0.29) is 18.0 Å². The number of amides is 1. The molecule has 4 aromatic rings. The normalized spacial score (nSPS) is 11.0. The van der Waals surface area contributed by atoms with Crippen LogP contribution in [-0.2, 0) is 17.8 Å². The second-order valence-electron chi connectivity index (χ2n) is 7.10. The van der Waals surface area contributed by atoms with Crippen LogP contribution in [0.25, 0.3) is 16.7 Å². The number of nitrogens with zero attached hydrogens (tertiary/aromatic N) is 3. The van der Waals surface area contributed by atoms with Crippen molar-refractivity contribution in [1.29, 1.82) is 0 Å². The molecule has 7 heteroatoms. The van der Waals surface area contributed by atoms with E-state index in [1.165, 1.54) is 10.2 Å². The number of anilines is 1. The van der Waals surface area contributed by atoms with E-state index in [0.29, 0.717) is 27.4 Å². The van der Waals surface area contributed by atoms with Crippen LogP contribution in [0.5, 0.6) is 0 Å². The Hall–Kier alpha value is -3.38. The molecule has 6 nitrogen and oxygen atoms in total. The Kier molecular flexibility index (Phi) is 5.42. The number of pyridine rings is 1. The first-order valence-electron chi connectivity index (χ1n) is 9.70. The molecular weight excluding hydrogens is 400 g/mol. The van der Waals surface area contributed by atoms with E-state index in [2.05, 4.69) is 17.2 Å². The molecule has 1 N–H and O–H groups in total. The lowest BCUT2D eigenvalue weighted by Gasteiger charge is -2.13. The van der Waals surface area contributed by atoms with Gasteiger partial charge in [-0.15, -0.1) is 0 Å². The van der Waals surface area contributed by atoms with Gasteiger partial charge in [-0.05, 0) is 60.9 Å². The van der Waals surface area contributed by atoms with Gasteiger partial charge in [-0.3, -0.25) is 14.3 Å². The summed E-state index contributed by atoms with van der Waals surface area (Å²) >= 11 is 6.24. The maximum absolute atomic E-state index is 13.1. The Labute approximate surface area is 178 Å². The second kappa shape index (κ2) is 8.16. The van der Waals surface area contributed by atoms with Crippen molar-refractivity contribution in [1.82, 2.24) is 14.3 Å². The molecule has 2 aromatic carbocycles. The molecule has 2 heterocycles. The molecule has 0 saturated carbocycles. The van der Waals surface area contributed by atoms with Gasteiger partial charge in [0.05, 0.1) is 21.8 Å². The van der Waals surface area contributed by atoms with E-state index in [1.54, 1.807) is 35.1 Å². The lowest BCUT2D eigenvalue weighted by Crippen LogP contribution is -2.27. The molecule has 0 aliphatic heterocycles. The third-order valence-corrected chi connectivity index (χ3v) is 5.29. The number of halogens is 1. The van der Waals surface area contributed by atoms with Crippen LogP contribution < -0.4 is 10.9 Å². The summed E-state index contributed by atoms with van der Waals surface area (Å²) in [4.78, 5) is 30.3. The SMILES string of the molecule is CCc1ccc(-n2c(=O)c3cccnc3n2CC(=O)Nc2ccc(C)cc2Cl)cc1. The second-order valence-corrected chi connectivity index (χ2v) is 7.51. The van der Waals surface area contributed by atoms with Crippen molar-refractivity contribution in [3.8, 4) is 5.69 Å². The Morgan fingerprint density at radius 3 is 2.60 bits per heavy atom. The van der Waals surface area contributed by atoms with Crippen LogP contribution in [0.1, 0.15) is 18.1 Å². The lowest BCUT2D eigenvalue weighted by molar-refractivity contribution is -0.116. The maximum Gasteiger partial charge on any atom is 0.280 e. The fourth-order valence-corrected chi connectivity index (χ4v) is 3.69. The summed E-state index contributed by atoms with van der Waals surface area (Å²) in [7, 11) is 0. The van der Waals surface area contributed by atoms with Gasteiger partial charge in [0.2, 0.25) is 5.91 Å². The van der Waals surface area contributed by atoms with Crippen LogP contribution in [0.4, 0.5) is 5.69 Å². The van der Waals surface area contributed by atoms with Crippen LogP contribution in [0.3, 0.4) is 0 Å². The van der Waals surface area contributed by atoms with Crippen molar-refractivity contribution in [2.75, 3.05) is 5.32 Å². The average Bonchev–Trinajstić information content (AvgIpc) is 3.02. The van der Waals surface area contributed by atoms with Gasteiger partial charge < -0.3 is 5.32 Å². The smallest absolute Gasteiger partial charge is 0.280 e. The fraction of sp³-hybridized carbons (Fsp3) is 0.174. The molecule has 1 amide bonds. The van der Waals surface area contributed by atoms with Crippen molar-refractivity contribution < 1.29 is 4.79 Å². The summed E-state index contributed by atoms with van der Waals surface area (Å²) in [5, 5.41) is 3.74. The van der Waals surface area contributed by atoms with Crippen molar-refractivity contribution >= 4 is 34.2 Å². The lowest BCUT2D eigenvalue weighted by atomic mass is 10.1. The minimum Gasteiger partial charge on any atom is -0.323 e. The highest BCUT2D eigenvalue weighted by molar-refractivity contribution is 6.33. The van der Waals surface area contributed by atoms with Crippen molar-refractivity contribution in [2.45, 2.75) is 26.8 Å². The third kappa shape index (κ3) is 3.74. The molecule has 30 heavy (non-hydrogen) atoms. The van der Waals surface area contributed by atoms with E-state index < -0.39 is 0 Å². The first kappa shape index (κ1) is 19.9. The van der Waals surface area contributed by atoms with Crippen molar-refractivity contribution in [3.05, 3.63) is 87.3 Å². The van der Waals surface area contributed by atoms with Crippen LogP contribution in [0.2, 0.25) is 5.02 Å². The number of benzene rings is 2. The quantitative estimate of drug-likeness (QED) is 0.521. The Morgan fingerprint density at radius 1 is 1.13 bits per heavy atom. The largest absolute Gasteiger partial charge is 0.323 e. The minimum absolute atomic E-state index is 0.0878. The molecule has 0 atom stereocenters. The van der Waals surface area contributed by atoms with E-state index in [1.807, 2.05) is 37.3 Å². The number of hydrogen-bond acceptors (Lipinski definition) is 3. The highest BCUT2D eigenvalue weighted by Crippen LogP contribution is 2.23. The fourth-order valence-electron chi connectivity index (χ4n) is 3.41. The number of carbonyl (C=O) groups is 1.